The van der Waals surface area contributed by atoms with Crippen LogP contribution in [0.15, 0.2) is 11.6 Å². The summed E-state index contributed by atoms with van der Waals surface area (Å²) < 4.78 is 41.1. The van der Waals surface area contributed by atoms with Gasteiger partial charge >= 0.3 is 12.1 Å². The van der Waals surface area contributed by atoms with E-state index in [1.807, 2.05) is 0 Å². The summed E-state index contributed by atoms with van der Waals surface area (Å²) in [6.07, 6.45) is -3.47. The molecule has 0 spiro atoms. The number of carbonyl (C=O) groups is 1. The summed E-state index contributed by atoms with van der Waals surface area (Å²) >= 11 is 0. The molecule has 0 amide bonds. The molecule has 0 N–H and O–H groups in total. The van der Waals surface area contributed by atoms with Gasteiger partial charge in [0.15, 0.2) is 0 Å². The molecule has 0 aromatic carbocycles. The lowest BCUT2D eigenvalue weighted by Gasteiger charge is -2.16. The van der Waals surface area contributed by atoms with Crippen LogP contribution in [0.5, 0.6) is 0 Å². The van der Waals surface area contributed by atoms with Crippen molar-refractivity contribution in [3.05, 3.63) is 11.6 Å². The molecule has 0 aromatic heterocycles. The average Bonchev–Trinajstić information content (AvgIpc) is 2.45. The molecule has 1 rings (SSSR count). The van der Waals surface area contributed by atoms with Crippen LogP contribution in [0.1, 0.15) is 0 Å². The number of carbonyl (C=O) groups excluding carboxylic acids is 1. The largest absolute Gasteiger partial charge is 0.468 e. The van der Waals surface area contributed by atoms with E-state index in [0.29, 0.717) is 0 Å². The summed E-state index contributed by atoms with van der Waals surface area (Å²) in [5, 5.41) is 0. The van der Waals surface area contributed by atoms with Gasteiger partial charge in [-0.15, -0.1) is 0 Å². The molecular formula is C8H10F3NO2. The Morgan fingerprint density at radius 2 is 2.21 bits per heavy atom. The number of methoxy groups -OCH3 is 1. The first kappa shape index (κ1) is 11.0. The second kappa shape index (κ2) is 3.61. The topological polar surface area (TPSA) is 29.5 Å². The van der Waals surface area contributed by atoms with Crippen molar-refractivity contribution in [3.63, 3.8) is 0 Å². The van der Waals surface area contributed by atoms with Crippen molar-refractivity contribution in [1.82, 2.24) is 4.90 Å². The third kappa shape index (κ3) is 2.06. The monoisotopic (exact) mass is 209 g/mol. The first-order valence-corrected chi connectivity index (χ1v) is 3.92. The third-order valence-corrected chi connectivity index (χ3v) is 2.06. The highest BCUT2D eigenvalue weighted by molar-refractivity contribution is 5.79. The normalized spacial score (nSPS) is 23.5. The van der Waals surface area contributed by atoms with E-state index < -0.39 is 23.8 Å². The maximum absolute atomic E-state index is 12.2. The van der Waals surface area contributed by atoms with Gasteiger partial charge in [-0.3, -0.25) is 9.69 Å². The molecule has 3 nitrogen and oxygen atoms in total. The quantitative estimate of drug-likeness (QED) is 0.476. The van der Waals surface area contributed by atoms with Crippen molar-refractivity contribution < 1.29 is 22.7 Å². The van der Waals surface area contributed by atoms with Crippen LogP contribution in [0, 0.1) is 0 Å². The smallest absolute Gasteiger partial charge is 0.413 e. The van der Waals surface area contributed by atoms with E-state index in [4.69, 9.17) is 0 Å². The number of halogens is 3. The SMILES string of the molecule is COC(=O)[C@H]1C=C(C(F)(F)F)CN1C. The number of nitrogens with zero attached hydrogens (tertiary/aromatic N) is 1. The Bertz CT molecular complexity index is 272. The minimum absolute atomic E-state index is 0.275. The molecule has 0 unspecified atom stereocenters. The van der Waals surface area contributed by atoms with Crippen molar-refractivity contribution in [2.45, 2.75) is 12.2 Å². The molecule has 0 bridgehead atoms. The Balaban J connectivity index is 2.82. The van der Waals surface area contributed by atoms with E-state index in [-0.39, 0.29) is 6.54 Å². The zero-order chi connectivity index (χ0) is 10.9. The van der Waals surface area contributed by atoms with Crippen LogP contribution in [0.2, 0.25) is 0 Å². The van der Waals surface area contributed by atoms with E-state index in [1.54, 1.807) is 0 Å². The molecule has 6 heteroatoms. The van der Waals surface area contributed by atoms with Crippen molar-refractivity contribution >= 4 is 5.97 Å². The van der Waals surface area contributed by atoms with Crippen LogP contribution < -0.4 is 0 Å². The van der Waals surface area contributed by atoms with Gasteiger partial charge in [0.2, 0.25) is 0 Å². The highest BCUT2D eigenvalue weighted by Crippen LogP contribution is 2.31. The van der Waals surface area contributed by atoms with Crippen molar-refractivity contribution in [2.75, 3.05) is 20.7 Å². The predicted octanol–water partition coefficient (Wildman–Crippen LogP) is 0.962. The summed E-state index contributed by atoms with van der Waals surface area (Å²) in [5.74, 6) is -0.674. The summed E-state index contributed by atoms with van der Waals surface area (Å²) in [7, 11) is 2.59. The zero-order valence-electron chi connectivity index (χ0n) is 7.76. The Kier molecular flexibility index (Phi) is 2.84. The van der Waals surface area contributed by atoms with Gasteiger partial charge in [0.05, 0.1) is 7.11 Å². The van der Waals surface area contributed by atoms with E-state index in [9.17, 15) is 18.0 Å². The molecule has 1 atom stereocenters. The van der Waals surface area contributed by atoms with Gasteiger partial charge in [0, 0.05) is 12.1 Å². The number of hydrogen-bond donors (Lipinski definition) is 0. The molecule has 1 heterocycles. The predicted molar refractivity (Wildman–Crippen MR) is 42.6 cm³/mol. The molecule has 14 heavy (non-hydrogen) atoms. The van der Waals surface area contributed by atoms with Crippen LogP contribution in [0.25, 0.3) is 0 Å². The third-order valence-electron chi connectivity index (χ3n) is 2.06. The van der Waals surface area contributed by atoms with Gasteiger partial charge in [-0.2, -0.15) is 13.2 Å². The zero-order valence-corrected chi connectivity index (χ0v) is 7.76. The van der Waals surface area contributed by atoms with E-state index in [1.165, 1.54) is 11.9 Å². The highest BCUT2D eigenvalue weighted by atomic mass is 19.4. The lowest BCUT2D eigenvalue weighted by Crippen LogP contribution is -2.34. The Morgan fingerprint density at radius 3 is 2.57 bits per heavy atom. The first-order chi connectivity index (χ1) is 6.36. The fraction of sp³-hybridized carbons (Fsp3) is 0.625. The summed E-state index contributed by atoms with van der Waals surface area (Å²) in [6.45, 7) is -0.275. The van der Waals surface area contributed by atoms with Crippen LogP contribution in [0.4, 0.5) is 13.2 Å². The molecule has 80 valence electrons. The lowest BCUT2D eigenvalue weighted by atomic mass is 10.2. The first-order valence-electron chi connectivity index (χ1n) is 3.92. The van der Waals surface area contributed by atoms with Gasteiger partial charge in [0.1, 0.15) is 6.04 Å². The van der Waals surface area contributed by atoms with E-state index >= 15 is 0 Å². The van der Waals surface area contributed by atoms with Crippen molar-refractivity contribution in [1.29, 1.82) is 0 Å². The second-order valence-electron chi connectivity index (χ2n) is 3.07. The summed E-state index contributed by atoms with van der Waals surface area (Å²) in [5.41, 5.74) is -0.699. The molecule has 1 aliphatic rings. The number of rotatable bonds is 1. The van der Waals surface area contributed by atoms with Crippen LogP contribution in [-0.4, -0.2) is 43.8 Å². The number of alkyl halides is 3. The van der Waals surface area contributed by atoms with Crippen molar-refractivity contribution in [2.24, 2.45) is 0 Å². The molecule has 0 fully saturated rings. The van der Waals surface area contributed by atoms with Gasteiger partial charge in [-0.1, -0.05) is 0 Å². The average molecular weight is 209 g/mol. The fourth-order valence-corrected chi connectivity index (χ4v) is 1.29. The maximum atomic E-state index is 12.2. The number of ether oxygens (including phenoxy) is 1. The number of hydrogen-bond acceptors (Lipinski definition) is 3. The molecule has 0 saturated heterocycles. The Hall–Kier alpha value is -1.04. The fourth-order valence-electron chi connectivity index (χ4n) is 1.29. The number of esters is 1. The van der Waals surface area contributed by atoms with Crippen molar-refractivity contribution in [3.8, 4) is 0 Å². The minimum Gasteiger partial charge on any atom is -0.468 e. The van der Waals surface area contributed by atoms with Gasteiger partial charge in [0.25, 0.3) is 0 Å². The molecule has 0 radical (unpaired) electrons. The molecule has 0 aromatic rings. The van der Waals surface area contributed by atoms with Gasteiger partial charge in [-0.25, -0.2) is 0 Å². The van der Waals surface area contributed by atoms with Gasteiger partial charge in [-0.05, 0) is 13.1 Å². The summed E-state index contributed by atoms with van der Waals surface area (Å²) in [6, 6.07) is -0.920. The molecule has 0 saturated carbocycles. The molecule has 0 aliphatic carbocycles. The Labute approximate surface area is 79.1 Å². The van der Waals surface area contributed by atoms with Crippen LogP contribution in [-0.2, 0) is 9.53 Å². The molecule has 1 aliphatic heterocycles. The van der Waals surface area contributed by atoms with Gasteiger partial charge < -0.3 is 4.74 Å². The highest BCUT2D eigenvalue weighted by Gasteiger charge is 2.41. The van der Waals surface area contributed by atoms with E-state index in [2.05, 4.69) is 4.74 Å². The standard InChI is InChI=1S/C8H10F3NO2/c1-12-4-5(8(9,10)11)3-6(12)7(13)14-2/h3,6H,4H2,1-2H3/t6-/m1/s1. The van der Waals surface area contributed by atoms with E-state index in [0.717, 1.165) is 13.2 Å². The molecular weight excluding hydrogens is 199 g/mol. The van der Waals surface area contributed by atoms with Crippen LogP contribution in [0.3, 0.4) is 0 Å². The lowest BCUT2D eigenvalue weighted by molar-refractivity contribution is -0.144. The minimum atomic E-state index is -4.36. The summed E-state index contributed by atoms with van der Waals surface area (Å²) in [4.78, 5) is 12.3. The second-order valence-corrected chi connectivity index (χ2v) is 3.07. The Morgan fingerprint density at radius 1 is 1.64 bits per heavy atom. The maximum Gasteiger partial charge on any atom is 0.413 e. The van der Waals surface area contributed by atoms with Crippen LogP contribution >= 0.6 is 0 Å². The number of likely N-dealkylation sites (N-methyl/N-ethyl adjacent to an activating group) is 1.